The molecule has 9 heteroatoms. The van der Waals surface area contributed by atoms with Crippen molar-refractivity contribution in [1.82, 2.24) is 10.2 Å². The number of anilines is 1. The van der Waals surface area contributed by atoms with Crippen molar-refractivity contribution in [2.24, 2.45) is 0 Å². The molecule has 0 unspecified atom stereocenters. The number of sulfonamides is 1. The molecule has 8 nitrogen and oxygen atoms in total. The van der Waals surface area contributed by atoms with Crippen LogP contribution in [0.5, 0.6) is 5.75 Å². The molecular weight excluding hydrogens is 478 g/mol. The number of carbonyl (C=O) groups excluding carboxylic acids is 2. The molecule has 0 radical (unpaired) electrons. The second-order valence-electron chi connectivity index (χ2n) is 9.15. The van der Waals surface area contributed by atoms with E-state index in [4.69, 9.17) is 4.74 Å². The van der Waals surface area contributed by atoms with Crippen LogP contribution in [0.25, 0.3) is 0 Å². The summed E-state index contributed by atoms with van der Waals surface area (Å²) in [7, 11) is -2.12. The molecule has 0 saturated heterocycles. The van der Waals surface area contributed by atoms with Crippen LogP contribution in [-0.4, -0.2) is 57.1 Å². The van der Waals surface area contributed by atoms with Gasteiger partial charge in [-0.3, -0.25) is 13.9 Å². The van der Waals surface area contributed by atoms with Crippen LogP contribution in [0.4, 0.5) is 5.69 Å². The van der Waals surface area contributed by atoms with Crippen LogP contribution in [-0.2, 0) is 26.2 Å². The number of para-hydroxylation sites is 2. The quantitative estimate of drug-likeness (QED) is 0.435. The summed E-state index contributed by atoms with van der Waals surface area (Å²) >= 11 is 0. The van der Waals surface area contributed by atoms with Crippen LogP contribution >= 0.6 is 0 Å². The molecule has 2 aromatic carbocycles. The molecule has 36 heavy (non-hydrogen) atoms. The van der Waals surface area contributed by atoms with Gasteiger partial charge in [-0.15, -0.1) is 0 Å². The highest BCUT2D eigenvalue weighted by Crippen LogP contribution is 2.30. The van der Waals surface area contributed by atoms with E-state index in [0.717, 1.165) is 17.4 Å². The molecule has 2 amide bonds. The summed E-state index contributed by atoms with van der Waals surface area (Å²) in [6.07, 6.45) is 1.98. The minimum Gasteiger partial charge on any atom is -0.495 e. The van der Waals surface area contributed by atoms with Crippen LogP contribution in [0.2, 0.25) is 0 Å². The number of rotatable bonds is 13. The Bertz CT molecular complexity index is 1130. The number of carbonyl (C=O) groups is 2. The Labute approximate surface area is 215 Å². The number of hydrogen-bond donors (Lipinski definition) is 1. The fraction of sp³-hybridized carbons (Fsp3) is 0.481. The molecular formula is C27H39N3O5S. The minimum absolute atomic E-state index is 0.0499. The second-order valence-corrected chi connectivity index (χ2v) is 11.1. The zero-order chi connectivity index (χ0) is 26.9. The molecule has 0 fully saturated rings. The van der Waals surface area contributed by atoms with Crippen LogP contribution < -0.4 is 14.4 Å². The van der Waals surface area contributed by atoms with Crippen LogP contribution in [0, 0.1) is 6.92 Å². The lowest BCUT2D eigenvalue weighted by Crippen LogP contribution is -2.50. The molecule has 0 bridgehead atoms. The lowest BCUT2D eigenvalue weighted by Gasteiger charge is -2.32. The Morgan fingerprint density at radius 3 is 2.28 bits per heavy atom. The number of hydrogen-bond acceptors (Lipinski definition) is 5. The van der Waals surface area contributed by atoms with Gasteiger partial charge in [0.05, 0.1) is 19.1 Å². The van der Waals surface area contributed by atoms with Crippen LogP contribution in [0.3, 0.4) is 0 Å². The van der Waals surface area contributed by atoms with E-state index in [2.05, 4.69) is 5.32 Å². The van der Waals surface area contributed by atoms with E-state index in [1.165, 1.54) is 11.4 Å². The van der Waals surface area contributed by atoms with Gasteiger partial charge in [0.15, 0.2) is 0 Å². The largest absolute Gasteiger partial charge is 0.495 e. The van der Waals surface area contributed by atoms with E-state index in [1.54, 1.807) is 29.2 Å². The number of amides is 2. The van der Waals surface area contributed by atoms with Crippen molar-refractivity contribution < 1.29 is 22.7 Å². The third-order valence-corrected chi connectivity index (χ3v) is 7.10. The number of aryl methyl sites for hydroxylation is 1. The molecule has 2 rings (SSSR count). The summed E-state index contributed by atoms with van der Waals surface area (Å²) in [5, 5.41) is 2.92. The van der Waals surface area contributed by atoms with E-state index >= 15 is 0 Å². The molecule has 0 aliphatic rings. The number of methoxy groups -OCH3 is 1. The average Bonchev–Trinajstić information content (AvgIpc) is 2.81. The molecule has 2 aromatic rings. The van der Waals surface area contributed by atoms with Crippen molar-refractivity contribution in [1.29, 1.82) is 0 Å². The first-order chi connectivity index (χ1) is 17.0. The Balaban J connectivity index is 2.26. The number of nitrogens with one attached hydrogen (secondary N) is 1. The lowest BCUT2D eigenvalue weighted by molar-refractivity contribution is -0.141. The molecule has 1 N–H and O–H groups in total. The first kappa shape index (κ1) is 29.2. The maximum absolute atomic E-state index is 13.5. The Hall–Kier alpha value is -3.07. The Kier molecular flexibility index (Phi) is 10.8. The Morgan fingerprint density at radius 2 is 1.69 bits per heavy atom. The van der Waals surface area contributed by atoms with Crippen molar-refractivity contribution in [3.8, 4) is 5.75 Å². The SMILES string of the molecule is CC[C@H](C(=O)NC(C)C)N(Cc1ccccc1C)C(=O)CCCN(c1ccccc1OC)S(C)(=O)=O. The van der Waals surface area contributed by atoms with Gasteiger partial charge in [-0.25, -0.2) is 8.42 Å². The Morgan fingerprint density at radius 1 is 1.06 bits per heavy atom. The van der Waals surface area contributed by atoms with Crippen LogP contribution in [0.1, 0.15) is 51.2 Å². The van der Waals surface area contributed by atoms with Gasteiger partial charge in [-0.05, 0) is 56.9 Å². The average molecular weight is 518 g/mol. The van der Waals surface area contributed by atoms with Gasteiger partial charge < -0.3 is 15.0 Å². The maximum atomic E-state index is 13.5. The van der Waals surface area contributed by atoms with Gasteiger partial charge in [0.25, 0.3) is 0 Å². The number of ether oxygens (including phenoxy) is 1. The highest BCUT2D eigenvalue weighted by atomic mass is 32.2. The van der Waals surface area contributed by atoms with E-state index < -0.39 is 16.1 Å². The fourth-order valence-corrected chi connectivity index (χ4v) is 5.06. The van der Waals surface area contributed by atoms with Crippen molar-refractivity contribution in [2.75, 3.05) is 24.2 Å². The van der Waals surface area contributed by atoms with Crippen molar-refractivity contribution >= 4 is 27.5 Å². The molecule has 0 saturated carbocycles. The second kappa shape index (κ2) is 13.3. The highest BCUT2D eigenvalue weighted by Gasteiger charge is 2.29. The van der Waals surface area contributed by atoms with Crippen molar-refractivity contribution in [2.45, 2.75) is 65.6 Å². The first-order valence-electron chi connectivity index (χ1n) is 12.2. The van der Waals surface area contributed by atoms with E-state index in [-0.39, 0.29) is 37.2 Å². The smallest absolute Gasteiger partial charge is 0.243 e. The zero-order valence-corrected chi connectivity index (χ0v) is 23.0. The van der Waals surface area contributed by atoms with E-state index in [9.17, 15) is 18.0 Å². The monoisotopic (exact) mass is 517 g/mol. The van der Waals surface area contributed by atoms with Gasteiger partial charge in [0, 0.05) is 25.6 Å². The number of nitrogens with zero attached hydrogens (tertiary/aromatic N) is 2. The molecule has 0 spiro atoms. The summed E-state index contributed by atoms with van der Waals surface area (Å²) in [5.41, 5.74) is 2.43. The molecule has 0 aliphatic heterocycles. The van der Waals surface area contributed by atoms with Crippen molar-refractivity contribution in [3.63, 3.8) is 0 Å². The highest BCUT2D eigenvalue weighted by molar-refractivity contribution is 7.92. The summed E-state index contributed by atoms with van der Waals surface area (Å²) in [6.45, 7) is 8.04. The van der Waals surface area contributed by atoms with Gasteiger partial charge in [0.2, 0.25) is 21.8 Å². The predicted octanol–water partition coefficient (Wildman–Crippen LogP) is 3.88. The third kappa shape index (κ3) is 7.98. The van der Waals surface area contributed by atoms with Crippen LogP contribution in [0.15, 0.2) is 48.5 Å². The summed E-state index contributed by atoms with van der Waals surface area (Å²) in [5.74, 6) is 0.0468. The maximum Gasteiger partial charge on any atom is 0.243 e. The predicted molar refractivity (Wildman–Crippen MR) is 144 cm³/mol. The van der Waals surface area contributed by atoms with Gasteiger partial charge in [0.1, 0.15) is 11.8 Å². The summed E-state index contributed by atoms with van der Waals surface area (Å²) < 4.78 is 31.7. The summed E-state index contributed by atoms with van der Waals surface area (Å²) in [6, 6.07) is 14.0. The zero-order valence-electron chi connectivity index (χ0n) is 22.2. The first-order valence-corrected chi connectivity index (χ1v) is 14.1. The minimum atomic E-state index is -3.61. The fourth-order valence-electron chi connectivity index (χ4n) is 4.09. The topological polar surface area (TPSA) is 96.0 Å². The normalized spacial score (nSPS) is 12.2. The molecule has 0 aliphatic carbocycles. The van der Waals surface area contributed by atoms with E-state index in [0.29, 0.717) is 24.4 Å². The van der Waals surface area contributed by atoms with E-state index in [1.807, 2.05) is 52.0 Å². The van der Waals surface area contributed by atoms with Crippen molar-refractivity contribution in [3.05, 3.63) is 59.7 Å². The standard InChI is InChI=1S/C27H39N3O5S/c1-7-23(27(32)28-20(2)3)29(19-22-14-9-8-13-21(22)4)26(31)17-12-18-30(36(6,33)34)24-15-10-11-16-25(24)35-5/h8-11,13-16,20,23H,7,12,17-19H2,1-6H3,(H,28,32)/t23-/m1/s1. The summed E-state index contributed by atoms with van der Waals surface area (Å²) in [4.78, 5) is 28.1. The molecule has 0 heterocycles. The molecule has 0 aromatic heterocycles. The number of benzene rings is 2. The van der Waals surface area contributed by atoms with Gasteiger partial charge in [-0.2, -0.15) is 0 Å². The van der Waals surface area contributed by atoms with Gasteiger partial charge >= 0.3 is 0 Å². The lowest BCUT2D eigenvalue weighted by atomic mass is 10.0. The third-order valence-electron chi connectivity index (χ3n) is 5.92. The molecule has 198 valence electrons. The molecule has 1 atom stereocenters. The van der Waals surface area contributed by atoms with Gasteiger partial charge in [-0.1, -0.05) is 43.3 Å².